The highest BCUT2D eigenvalue weighted by molar-refractivity contribution is 6.31. The van der Waals surface area contributed by atoms with Crippen LogP contribution in [0.2, 0.25) is 10.0 Å². The van der Waals surface area contributed by atoms with Crippen LogP contribution in [0.15, 0.2) is 36.4 Å². The standard InChI is InChI=1S/C17H14Cl2F3NO2/c18-11-2-4-15(16(6-11)25-12-7-23-8-12)24-9-10-1-3-14(19)13(5-10)17(20,21)22/h1-6,12,23H,7-9H2. The molecule has 1 aliphatic heterocycles. The van der Waals surface area contributed by atoms with E-state index in [1.165, 1.54) is 12.1 Å². The third kappa shape index (κ3) is 4.51. The number of rotatable bonds is 5. The van der Waals surface area contributed by atoms with E-state index < -0.39 is 11.7 Å². The lowest BCUT2D eigenvalue weighted by Crippen LogP contribution is -2.50. The molecule has 1 fully saturated rings. The van der Waals surface area contributed by atoms with E-state index >= 15 is 0 Å². The van der Waals surface area contributed by atoms with Crippen LogP contribution in [0.25, 0.3) is 0 Å². The molecular weight excluding hydrogens is 378 g/mol. The third-order valence-electron chi connectivity index (χ3n) is 3.67. The first-order valence-corrected chi connectivity index (χ1v) is 8.24. The van der Waals surface area contributed by atoms with Gasteiger partial charge in [0.1, 0.15) is 12.7 Å². The minimum atomic E-state index is -4.52. The van der Waals surface area contributed by atoms with Gasteiger partial charge in [0, 0.05) is 24.2 Å². The fourth-order valence-electron chi connectivity index (χ4n) is 2.26. The van der Waals surface area contributed by atoms with E-state index in [-0.39, 0.29) is 17.7 Å². The van der Waals surface area contributed by atoms with Crippen molar-refractivity contribution in [3.63, 3.8) is 0 Å². The zero-order chi connectivity index (χ0) is 18.0. The monoisotopic (exact) mass is 391 g/mol. The van der Waals surface area contributed by atoms with Crippen LogP contribution in [0, 0.1) is 0 Å². The van der Waals surface area contributed by atoms with Gasteiger partial charge in [-0.2, -0.15) is 13.2 Å². The topological polar surface area (TPSA) is 30.5 Å². The van der Waals surface area contributed by atoms with Gasteiger partial charge in [-0.25, -0.2) is 0 Å². The highest BCUT2D eigenvalue weighted by atomic mass is 35.5. The van der Waals surface area contributed by atoms with Crippen molar-refractivity contribution >= 4 is 23.2 Å². The summed E-state index contributed by atoms with van der Waals surface area (Å²) in [6, 6.07) is 8.56. The summed E-state index contributed by atoms with van der Waals surface area (Å²) in [7, 11) is 0. The van der Waals surface area contributed by atoms with Gasteiger partial charge in [0.15, 0.2) is 11.5 Å². The maximum Gasteiger partial charge on any atom is 0.417 e. The average Bonchev–Trinajstić information content (AvgIpc) is 2.50. The van der Waals surface area contributed by atoms with Gasteiger partial charge in [-0.05, 0) is 29.8 Å². The van der Waals surface area contributed by atoms with Crippen LogP contribution in [0.1, 0.15) is 11.1 Å². The van der Waals surface area contributed by atoms with Crippen LogP contribution in [0.3, 0.4) is 0 Å². The van der Waals surface area contributed by atoms with Gasteiger partial charge in [-0.15, -0.1) is 0 Å². The van der Waals surface area contributed by atoms with Crippen LogP contribution in [0.5, 0.6) is 11.5 Å². The minimum Gasteiger partial charge on any atom is -0.485 e. The number of alkyl halides is 3. The Morgan fingerprint density at radius 3 is 2.44 bits per heavy atom. The minimum absolute atomic E-state index is 0.0215. The molecule has 1 saturated heterocycles. The molecule has 1 heterocycles. The summed E-state index contributed by atoms with van der Waals surface area (Å²) in [4.78, 5) is 0. The molecule has 2 aromatic carbocycles. The lowest BCUT2D eigenvalue weighted by atomic mass is 10.1. The number of hydrogen-bond acceptors (Lipinski definition) is 3. The van der Waals surface area contributed by atoms with Crippen LogP contribution >= 0.6 is 23.2 Å². The molecular formula is C17H14Cl2F3NO2. The summed E-state index contributed by atoms with van der Waals surface area (Å²) < 4.78 is 50.2. The molecule has 2 aromatic rings. The molecule has 134 valence electrons. The molecule has 0 unspecified atom stereocenters. The quantitative estimate of drug-likeness (QED) is 0.782. The van der Waals surface area contributed by atoms with Crippen LogP contribution in [-0.2, 0) is 12.8 Å². The number of ether oxygens (including phenoxy) is 2. The fourth-order valence-corrected chi connectivity index (χ4v) is 2.65. The second kappa shape index (κ2) is 7.32. The summed E-state index contributed by atoms with van der Waals surface area (Å²) in [6.07, 6.45) is -4.49. The van der Waals surface area contributed by atoms with E-state index in [4.69, 9.17) is 32.7 Å². The van der Waals surface area contributed by atoms with Crippen molar-refractivity contribution in [2.24, 2.45) is 0 Å². The molecule has 1 aliphatic rings. The van der Waals surface area contributed by atoms with Gasteiger partial charge >= 0.3 is 6.18 Å². The summed E-state index contributed by atoms with van der Waals surface area (Å²) in [6.45, 7) is 1.39. The van der Waals surface area contributed by atoms with Gasteiger partial charge in [-0.1, -0.05) is 29.3 Å². The van der Waals surface area contributed by atoms with E-state index in [2.05, 4.69) is 5.32 Å². The molecule has 3 rings (SSSR count). The Balaban J connectivity index is 1.75. The highest BCUT2D eigenvalue weighted by Crippen LogP contribution is 2.36. The van der Waals surface area contributed by atoms with E-state index in [9.17, 15) is 13.2 Å². The number of hydrogen-bond donors (Lipinski definition) is 1. The van der Waals surface area contributed by atoms with Gasteiger partial charge in [0.25, 0.3) is 0 Å². The molecule has 0 spiro atoms. The Morgan fingerprint density at radius 1 is 1.04 bits per heavy atom. The molecule has 25 heavy (non-hydrogen) atoms. The normalized spacial score (nSPS) is 14.9. The molecule has 0 aromatic heterocycles. The molecule has 0 amide bonds. The van der Waals surface area contributed by atoms with E-state index in [1.807, 2.05) is 0 Å². The van der Waals surface area contributed by atoms with Gasteiger partial charge in [-0.3, -0.25) is 0 Å². The highest BCUT2D eigenvalue weighted by Gasteiger charge is 2.33. The first kappa shape index (κ1) is 18.2. The summed E-state index contributed by atoms with van der Waals surface area (Å²) >= 11 is 11.6. The predicted octanol–water partition coefficient (Wildman–Crippen LogP) is 4.94. The molecule has 0 radical (unpaired) electrons. The van der Waals surface area contributed by atoms with Crippen LogP contribution in [-0.4, -0.2) is 19.2 Å². The second-order valence-electron chi connectivity index (χ2n) is 5.59. The van der Waals surface area contributed by atoms with Gasteiger partial charge in [0.05, 0.1) is 10.6 Å². The molecule has 8 heteroatoms. The molecule has 0 atom stereocenters. The Kier molecular flexibility index (Phi) is 5.32. The zero-order valence-electron chi connectivity index (χ0n) is 12.9. The van der Waals surface area contributed by atoms with Crippen molar-refractivity contribution in [2.45, 2.75) is 18.9 Å². The van der Waals surface area contributed by atoms with Crippen LogP contribution < -0.4 is 14.8 Å². The molecule has 3 nitrogen and oxygen atoms in total. The summed E-state index contributed by atoms with van der Waals surface area (Å²) in [5, 5.41) is 3.22. The Labute approximate surface area is 152 Å². The lowest BCUT2D eigenvalue weighted by molar-refractivity contribution is -0.137. The van der Waals surface area contributed by atoms with Crippen LogP contribution in [0.4, 0.5) is 13.2 Å². The number of benzene rings is 2. The average molecular weight is 392 g/mol. The SMILES string of the molecule is FC(F)(F)c1cc(COc2ccc(Cl)cc2OC2CNC2)ccc1Cl. The lowest BCUT2D eigenvalue weighted by Gasteiger charge is -2.28. The smallest absolute Gasteiger partial charge is 0.417 e. The Bertz CT molecular complexity index is 764. The summed E-state index contributed by atoms with van der Waals surface area (Å²) in [5.41, 5.74) is -0.536. The summed E-state index contributed by atoms with van der Waals surface area (Å²) in [5.74, 6) is 0.879. The molecule has 0 bridgehead atoms. The van der Waals surface area contributed by atoms with Gasteiger partial charge < -0.3 is 14.8 Å². The van der Waals surface area contributed by atoms with Crippen molar-refractivity contribution in [3.8, 4) is 11.5 Å². The van der Waals surface area contributed by atoms with E-state index in [0.29, 0.717) is 22.1 Å². The maximum atomic E-state index is 12.9. The molecule has 0 aliphatic carbocycles. The third-order valence-corrected chi connectivity index (χ3v) is 4.24. The molecule has 1 N–H and O–H groups in total. The fraction of sp³-hybridized carbons (Fsp3) is 0.294. The number of nitrogens with one attached hydrogen (secondary N) is 1. The Morgan fingerprint density at radius 2 is 1.80 bits per heavy atom. The zero-order valence-corrected chi connectivity index (χ0v) is 14.4. The largest absolute Gasteiger partial charge is 0.485 e. The maximum absolute atomic E-state index is 12.9. The van der Waals surface area contributed by atoms with Crippen molar-refractivity contribution in [1.82, 2.24) is 5.32 Å². The van der Waals surface area contributed by atoms with Crippen molar-refractivity contribution in [2.75, 3.05) is 13.1 Å². The van der Waals surface area contributed by atoms with Crippen molar-refractivity contribution in [1.29, 1.82) is 0 Å². The van der Waals surface area contributed by atoms with Gasteiger partial charge in [0.2, 0.25) is 0 Å². The second-order valence-corrected chi connectivity index (χ2v) is 6.43. The predicted molar refractivity (Wildman–Crippen MR) is 89.5 cm³/mol. The van der Waals surface area contributed by atoms with Crippen molar-refractivity contribution in [3.05, 3.63) is 57.6 Å². The first-order valence-electron chi connectivity index (χ1n) is 7.48. The molecule has 0 saturated carbocycles. The van der Waals surface area contributed by atoms with E-state index in [1.54, 1.807) is 18.2 Å². The first-order chi connectivity index (χ1) is 11.8. The number of halogens is 5. The van der Waals surface area contributed by atoms with Crippen molar-refractivity contribution < 1.29 is 22.6 Å². The Hall–Kier alpha value is -1.63. The van der Waals surface area contributed by atoms with E-state index in [0.717, 1.165) is 19.2 Å².